The lowest BCUT2D eigenvalue weighted by Crippen LogP contribution is -2.57. The molecule has 20 heavy (non-hydrogen) atoms. The van der Waals surface area contributed by atoms with E-state index < -0.39 is 0 Å². The van der Waals surface area contributed by atoms with Crippen LogP contribution in [0.2, 0.25) is 0 Å². The number of amides is 2. The molecule has 1 aliphatic rings. The minimum absolute atomic E-state index is 0.177. The van der Waals surface area contributed by atoms with E-state index in [0.717, 1.165) is 0 Å². The molecule has 1 fully saturated rings. The molecule has 1 unspecified atom stereocenters. The van der Waals surface area contributed by atoms with Crippen molar-refractivity contribution in [2.24, 2.45) is 0 Å². The predicted octanol–water partition coefficient (Wildman–Crippen LogP) is 0.284. The molecule has 1 aromatic rings. The zero-order chi connectivity index (χ0) is 14.5. The molecule has 1 aromatic carbocycles. The molecule has 1 aliphatic heterocycles. The van der Waals surface area contributed by atoms with Crippen molar-refractivity contribution in [1.82, 2.24) is 10.2 Å². The lowest BCUT2D eigenvalue weighted by molar-refractivity contribution is -0.139. The summed E-state index contributed by atoms with van der Waals surface area (Å²) in [6, 6.07) is 8.64. The number of piperazine rings is 1. The maximum atomic E-state index is 11.5. The Balaban J connectivity index is 1.91. The van der Waals surface area contributed by atoms with Gasteiger partial charge in [0.15, 0.2) is 0 Å². The summed E-state index contributed by atoms with van der Waals surface area (Å²) in [5.74, 6) is -0.0837. The number of rotatable bonds is 4. The number of imide groups is 1. The molecule has 6 nitrogen and oxygen atoms in total. The molecule has 1 atom stereocenters. The molecule has 0 saturated carbocycles. The number of nitrogens with one attached hydrogen (secondary N) is 1. The van der Waals surface area contributed by atoms with Crippen LogP contribution in [0.15, 0.2) is 24.3 Å². The highest BCUT2D eigenvalue weighted by molar-refractivity contribution is 6.00. The number of benzene rings is 1. The fourth-order valence-electron chi connectivity index (χ4n) is 2.00. The highest BCUT2D eigenvalue weighted by atomic mass is 16.5. The first-order chi connectivity index (χ1) is 9.61. The quantitative estimate of drug-likeness (QED) is 0.797. The average Bonchev–Trinajstić information content (AvgIpc) is 2.44. The lowest BCUT2D eigenvalue weighted by Gasteiger charge is -2.31. The average molecular weight is 273 g/mol. The molecule has 0 spiro atoms. The van der Waals surface area contributed by atoms with Crippen molar-refractivity contribution in [3.63, 3.8) is 0 Å². The second-order valence-electron chi connectivity index (χ2n) is 4.52. The number of carbonyl (C=O) groups excluding carboxylic acids is 2. The molecule has 2 rings (SSSR count). The van der Waals surface area contributed by atoms with Crippen LogP contribution >= 0.6 is 0 Å². The third kappa shape index (κ3) is 3.13. The molecular weight excluding hydrogens is 258 g/mol. The van der Waals surface area contributed by atoms with E-state index in [1.165, 1.54) is 0 Å². The second-order valence-corrected chi connectivity index (χ2v) is 4.52. The Hall–Kier alpha value is -2.39. The first-order valence-corrected chi connectivity index (χ1v) is 6.31. The van der Waals surface area contributed by atoms with Crippen molar-refractivity contribution in [3.05, 3.63) is 29.8 Å². The number of para-hydroxylation sites is 1. The van der Waals surface area contributed by atoms with Crippen molar-refractivity contribution in [2.75, 3.05) is 19.7 Å². The largest absolute Gasteiger partial charge is 0.491 e. The molecule has 0 radical (unpaired) electrons. The number of nitriles is 1. The van der Waals surface area contributed by atoms with Crippen molar-refractivity contribution >= 4 is 11.8 Å². The van der Waals surface area contributed by atoms with Gasteiger partial charge in [0.1, 0.15) is 18.4 Å². The normalized spacial score (nSPS) is 19.3. The SMILES string of the molecule is CC1C(=O)NC(=O)CN1CCOc1ccccc1C#N. The Morgan fingerprint density at radius 2 is 2.20 bits per heavy atom. The predicted molar refractivity (Wildman–Crippen MR) is 70.8 cm³/mol. The number of hydrogen-bond donors (Lipinski definition) is 1. The molecule has 6 heteroatoms. The molecule has 2 amide bonds. The fourth-order valence-corrected chi connectivity index (χ4v) is 2.00. The summed E-state index contributed by atoms with van der Waals surface area (Å²) in [4.78, 5) is 24.5. The molecule has 0 aromatic heterocycles. The summed E-state index contributed by atoms with van der Waals surface area (Å²) < 4.78 is 5.54. The van der Waals surface area contributed by atoms with E-state index in [1.54, 1.807) is 36.1 Å². The third-order valence-electron chi connectivity index (χ3n) is 3.18. The van der Waals surface area contributed by atoms with Gasteiger partial charge < -0.3 is 4.74 Å². The molecular formula is C14H15N3O3. The first-order valence-electron chi connectivity index (χ1n) is 6.31. The topological polar surface area (TPSA) is 82.4 Å². The van der Waals surface area contributed by atoms with Crippen LogP contribution < -0.4 is 10.1 Å². The summed E-state index contributed by atoms with van der Waals surface area (Å²) in [7, 11) is 0. The number of ether oxygens (including phenoxy) is 1. The summed E-state index contributed by atoms with van der Waals surface area (Å²) in [6.07, 6.45) is 0. The van der Waals surface area contributed by atoms with Crippen molar-refractivity contribution in [2.45, 2.75) is 13.0 Å². The molecule has 1 N–H and O–H groups in total. The number of carbonyl (C=O) groups is 2. The highest BCUT2D eigenvalue weighted by Gasteiger charge is 2.29. The Morgan fingerprint density at radius 1 is 1.45 bits per heavy atom. The monoisotopic (exact) mass is 273 g/mol. The zero-order valence-corrected chi connectivity index (χ0v) is 11.1. The molecule has 104 valence electrons. The van der Waals surface area contributed by atoms with Gasteiger partial charge in [-0.3, -0.25) is 19.8 Å². The Labute approximate surface area is 116 Å². The van der Waals surface area contributed by atoms with Gasteiger partial charge in [-0.25, -0.2) is 0 Å². The van der Waals surface area contributed by atoms with Gasteiger partial charge in [0.05, 0.1) is 18.2 Å². The van der Waals surface area contributed by atoms with Crippen LogP contribution in [0.3, 0.4) is 0 Å². The van der Waals surface area contributed by atoms with Crippen LogP contribution in [0, 0.1) is 11.3 Å². The van der Waals surface area contributed by atoms with E-state index in [0.29, 0.717) is 24.5 Å². The van der Waals surface area contributed by atoms with Gasteiger partial charge in [-0.15, -0.1) is 0 Å². The van der Waals surface area contributed by atoms with Gasteiger partial charge >= 0.3 is 0 Å². The van der Waals surface area contributed by atoms with Gasteiger partial charge in [0.25, 0.3) is 0 Å². The molecule has 1 heterocycles. The first kappa shape index (κ1) is 14.0. The van der Waals surface area contributed by atoms with Crippen LogP contribution in [0.4, 0.5) is 0 Å². The summed E-state index contributed by atoms with van der Waals surface area (Å²) >= 11 is 0. The maximum Gasteiger partial charge on any atom is 0.243 e. The number of hydrogen-bond acceptors (Lipinski definition) is 5. The van der Waals surface area contributed by atoms with Crippen LogP contribution in [0.1, 0.15) is 12.5 Å². The summed E-state index contributed by atoms with van der Waals surface area (Å²) in [5, 5.41) is 11.2. The van der Waals surface area contributed by atoms with Gasteiger partial charge in [0.2, 0.25) is 11.8 Å². The second kappa shape index (κ2) is 6.17. The fraction of sp³-hybridized carbons (Fsp3) is 0.357. The van der Waals surface area contributed by atoms with Gasteiger partial charge in [-0.05, 0) is 19.1 Å². The Morgan fingerprint density at radius 3 is 2.95 bits per heavy atom. The van der Waals surface area contributed by atoms with E-state index >= 15 is 0 Å². The molecule has 1 saturated heterocycles. The van der Waals surface area contributed by atoms with Crippen molar-refractivity contribution < 1.29 is 14.3 Å². The van der Waals surface area contributed by atoms with Crippen molar-refractivity contribution in [1.29, 1.82) is 5.26 Å². The van der Waals surface area contributed by atoms with Crippen LogP contribution in [0.25, 0.3) is 0 Å². The van der Waals surface area contributed by atoms with Crippen LogP contribution in [0.5, 0.6) is 5.75 Å². The maximum absolute atomic E-state index is 11.5. The minimum Gasteiger partial charge on any atom is -0.491 e. The van der Waals surface area contributed by atoms with Crippen LogP contribution in [-0.4, -0.2) is 42.5 Å². The third-order valence-corrected chi connectivity index (χ3v) is 3.18. The zero-order valence-electron chi connectivity index (χ0n) is 11.1. The highest BCUT2D eigenvalue weighted by Crippen LogP contribution is 2.16. The lowest BCUT2D eigenvalue weighted by atomic mass is 10.2. The van der Waals surface area contributed by atoms with E-state index in [1.807, 2.05) is 0 Å². The summed E-state index contributed by atoms with van der Waals surface area (Å²) in [5.41, 5.74) is 0.466. The summed E-state index contributed by atoms with van der Waals surface area (Å²) in [6.45, 7) is 2.67. The van der Waals surface area contributed by atoms with E-state index in [9.17, 15) is 9.59 Å². The Bertz CT molecular complexity index is 565. The molecule has 0 aliphatic carbocycles. The van der Waals surface area contributed by atoms with Gasteiger partial charge in [-0.2, -0.15) is 5.26 Å². The van der Waals surface area contributed by atoms with E-state index in [2.05, 4.69) is 11.4 Å². The molecule has 0 bridgehead atoms. The van der Waals surface area contributed by atoms with E-state index in [4.69, 9.17) is 10.00 Å². The Kier molecular flexibility index (Phi) is 4.33. The number of nitrogens with zero attached hydrogens (tertiary/aromatic N) is 2. The van der Waals surface area contributed by atoms with Crippen LogP contribution in [-0.2, 0) is 9.59 Å². The smallest absolute Gasteiger partial charge is 0.243 e. The minimum atomic E-state index is -0.359. The standard InChI is InChI=1S/C14H15N3O3/c1-10-14(19)16-13(18)9-17(10)6-7-20-12-5-3-2-4-11(12)8-15/h2-5,10H,6-7,9H2,1H3,(H,16,18,19). The van der Waals surface area contributed by atoms with Gasteiger partial charge in [-0.1, -0.05) is 12.1 Å². The van der Waals surface area contributed by atoms with Gasteiger partial charge in [0, 0.05) is 6.54 Å². The van der Waals surface area contributed by atoms with Crippen molar-refractivity contribution in [3.8, 4) is 11.8 Å². The van der Waals surface area contributed by atoms with E-state index in [-0.39, 0.29) is 24.4 Å².